The maximum atomic E-state index is 12.8. The Morgan fingerprint density at radius 2 is 1.61 bits per heavy atom. The quantitative estimate of drug-likeness (QED) is 0.533. The Labute approximate surface area is 171 Å². The maximum Gasteiger partial charge on any atom is 0.270 e. The minimum atomic E-state index is -3.90. The normalized spacial score (nSPS) is 15.4. The molecule has 0 spiro atoms. The minimum absolute atomic E-state index is 0.0745. The number of non-ortho nitro benzene ring substituents is 1. The van der Waals surface area contributed by atoms with Gasteiger partial charge in [-0.2, -0.15) is 4.31 Å². The fourth-order valence-electron chi connectivity index (χ4n) is 2.90. The van der Waals surface area contributed by atoms with Crippen LogP contribution < -0.4 is 0 Å². The molecule has 3 rings (SSSR count). The average Bonchev–Trinajstić information content (AvgIpc) is 2.67. The molecule has 0 saturated carbocycles. The van der Waals surface area contributed by atoms with Crippen LogP contribution in [-0.2, 0) is 10.0 Å². The van der Waals surface area contributed by atoms with Crippen LogP contribution in [-0.4, -0.2) is 54.6 Å². The Kier molecular flexibility index (Phi) is 5.90. The summed E-state index contributed by atoms with van der Waals surface area (Å²) in [6.45, 7) is 0.504. The molecule has 1 aliphatic heterocycles. The van der Waals surface area contributed by atoms with Crippen molar-refractivity contribution in [3.05, 3.63) is 68.2 Å². The third-order valence-corrected chi connectivity index (χ3v) is 6.63. The summed E-state index contributed by atoms with van der Waals surface area (Å²) >= 11 is 11.9. The molecule has 11 heteroatoms. The van der Waals surface area contributed by atoms with E-state index in [1.165, 1.54) is 45.6 Å². The van der Waals surface area contributed by atoms with Crippen molar-refractivity contribution in [1.82, 2.24) is 9.21 Å². The van der Waals surface area contributed by atoms with Gasteiger partial charge in [0.25, 0.3) is 11.6 Å². The van der Waals surface area contributed by atoms with Gasteiger partial charge in [-0.25, -0.2) is 8.42 Å². The number of rotatable bonds is 4. The molecule has 1 aliphatic rings. The summed E-state index contributed by atoms with van der Waals surface area (Å²) in [7, 11) is -3.90. The van der Waals surface area contributed by atoms with Gasteiger partial charge in [0.05, 0.1) is 9.82 Å². The van der Waals surface area contributed by atoms with Crippen molar-refractivity contribution in [2.24, 2.45) is 0 Å². The van der Waals surface area contributed by atoms with E-state index in [1.807, 2.05) is 0 Å². The van der Waals surface area contributed by atoms with Crippen LogP contribution in [0.2, 0.25) is 10.0 Å². The van der Waals surface area contributed by atoms with Gasteiger partial charge in [0.1, 0.15) is 0 Å². The lowest BCUT2D eigenvalue weighted by molar-refractivity contribution is -0.385. The fraction of sp³-hybridized carbons (Fsp3) is 0.235. The number of nitro groups is 1. The van der Waals surface area contributed by atoms with Gasteiger partial charge in [0.2, 0.25) is 10.0 Å². The number of sulfonamides is 1. The Balaban J connectivity index is 1.73. The van der Waals surface area contributed by atoms with E-state index in [1.54, 1.807) is 0 Å². The SMILES string of the molecule is O=C(c1cc(Cl)cc(Cl)c1)N1CCN(S(=O)(=O)c2cccc([N+](=O)[O-])c2)CC1. The average molecular weight is 444 g/mol. The topological polar surface area (TPSA) is 101 Å². The number of hydrogen-bond acceptors (Lipinski definition) is 5. The highest BCUT2D eigenvalue weighted by Gasteiger charge is 2.31. The van der Waals surface area contributed by atoms with E-state index in [0.717, 1.165) is 6.07 Å². The predicted molar refractivity (Wildman–Crippen MR) is 104 cm³/mol. The van der Waals surface area contributed by atoms with Crippen LogP contribution in [0.1, 0.15) is 10.4 Å². The first-order chi connectivity index (χ1) is 13.2. The van der Waals surface area contributed by atoms with Crippen molar-refractivity contribution in [1.29, 1.82) is 0 Å². The van der Waals surface area contributed by atoms with Crippen LogP contribution in [0, 0.1) is 10.1 Å². The van der Waals surface area contributed by atoms with Crippen molar-refractivity contribution in [3.63, 3.8) is 0 Å². The lowest BCUT2D eigenvalue weighted by Gasteiger charge is -2.34. The van der Waals surface area contributed by atoms with E-state index in [9.17, 15) is 23.3 Å². The summed E-state index contributed by atoms with van der Waals surface area (Å²) in [5.41, 5.74) is 0.0280. The van der Waals surface area contributed by atoms with E-state index in [-0.39, 0.29) is 42.7 Å². The first kappa shape index (κ1) is 20.5. The van der Waals surface area contributed by atoms with Crippen molar-refractivity contribution in [2.75, 3.05) is 26.2 Å². The lowest BCUT2D eigenvalue weighted by atomic mass is 10.2. The molecule has 0 N–H and O–H groups in total. The summed E-state index contributed by atoms with van der Waals surface area (Å²) in [4.78, 5) is 24.2. The second kappa shape index (κ2) is 8.04. The van der Waals surface area contributed by atoms with Gasteiger partial charge in [0, 0.05) is 53.9 Å². The number of benzene rings is 2. The first-order valence-corrected chi connectivity index (χ1v) is 10.4. The van der Waals surface area contributed by atoms with Crippen LogP contribution in [0.25, 0.3) is 0 Å². The number of halogens is 2. The summed E-state index contributed by atoms with van der Waals surface area (Å²) in [6, 6.07) is 9.42. The first-order valence-electron chi connectivity index (χ1n) is 8.18. The highest BCUT2D eigenvalue weighted by Crippen LogP contribution is 2.24. The Bertz CT molecular complexity index is 1020. The molecular weight excluding hydrogens is 429 g/mol. The van der Waals surface area contributed by atoms with Gasteiger partial charge in [-0.05, 0) is 24.3 Å². The summed E-state index contributed by atoms with van der Waals surface area (Å²) < 4.78 is 26.7. The lowest BCUT2D eigenvalue weighted by Crippen LogP contribution is -2.50. The number of carbonyl (C=O) groups excluding carboxylic acids is 1. The Hall–Kier alpha value is -2.20. The molecule has 148 valence electrons. The summed E-state index contributed by atoms with van der Waals surface area (Å²) in [5.74, 6) is -0.295. The molecule has 0 unspecified atom stereocenters. The van der Waals surface area contributed by atoms with Gasteiger partial charge >= 0.3 is 0 Å². The summed E-state index contributed by atoms with van der Waals surface area (Å²) in [6.07, 6.45) is 0. The number of carbonyl (C=O) groups is 1. The number of hydrogen-bond donors (Lipinski definition) is 0. The monoisotopic (exact) mass is 443 g/mol. The van der Waals surface area contributed by atoms with E-state index in [0.29, 0.717) is 15.6 Å². The van der Waals surface area contributed by atoms with Crippen LogP contribution in [0.15, 0.2) is 47.4 Å². The number of nitrogens with zero attached hydrogens (tertiary/aromatic N) is 3. The van der Waals surface area contributed by atoms with Gasteiger partial charge in [0.15, 0.2) is 0 Å². The van der Waals surface area contributed by atoms with Crippen LogP contribution in [0.3, 0.4) is 0 Å². The van der Waals surface area contributed by atoms with E-state index in [4.69, 9.17) is 23.2 Å². The van der Waals surface area contributed by atoms with Crippen LogP contribution >= 0.6 is 23.2 Å². The van der Waals surface area contributed by atoms with Crippen LogP contribution in [0.4, 0.5) is 5.69 Å². The number of piperazine rings is 1. The zero-order valence-electron chi connectivity index (χ0n) is 14.4. The molecule has 0 aromatic heterocycles. The molecule has 0 atom stereocenters. The smallest absolute Gasteiger partial charge is 0.270 e. The van der Waals surface area contributed by atoms with E-state index >= 15 is 0 Å². The van der Waals surface area contributed by atoms with Crippen molar-refractivity contribution in [2.45, 2.75) is 4.90 Å². The molecule has 1 amide bonds. The molecule has 1 saturated heterocycles. The van der Waals surface area contributed by atoms with Crippen LogP contribution in [0.5, 0.6) is 0 Å². The predicted octanol–water partition coefficient (Wildman–Crippen LogP) is 3.05. The third kappa shape index (κ3) is 4.27. The van der Waals surface area contributed by atoms with Gasteiger partial charge in [-0.15, -0.1) is 0 Å². The number of amides is 1. The number of nitro benzene ring substituents is 1. The molecule has 28 heavy (non-hydrogen) atoms. The largest absolute Gasteiger partial charge is 0.336 e. The molecule has 0 aliphatic carbocycles. The minimum Gasteiger partial charge on any atom is -0.336 e. The summed E-state index contributed by atoms with van der Waals surface area (Å²) in [5, 5.41) is 11.6. The fourth-order valence-corrected chi connectivity index (χ4v) is 4.89. The molecule has 1 fully saturated rings. The van der Waals surface area contributed by atoms with E-state index < -0.39 is 14.9 Å². The highest BCUT2D eigenvalue weighted by atomic mass is 35.5. The van der Waals surface area contributed by atoms with Gasteiger partial charge < -0.3 is 4.90 Å². The second-order valence-corrected chi connectivity index (χ2v) is 8.92. The van der Waals surface area contributed by atoms with E-state index in [2.05, 4.69) is 0 Å². The standard InChI is InChI=1S/C17H15Cl2N3O5S/c18-13-8-12(9-14(19)10-13)17(23)20-4-6-21(7-5-20)28(26,27)16-3-1-2-15(11-16)22(24)25/h1-3,8-11H,4-7H2. The molecular formula is C17H15Cl2N3O5S. The van der Waals surface area contributed by atoms with Crippen molar-refractivity contribution < 1.29 is 18.1 Å². The molecule has 2 aromatic carbocycles. The van der Waals surface area contributed by atoms with Gasteiger partial charge in [-0.1, -0.05) is 29.3 Å². The Morgan fingerprint density at radius 3 is 2.18 bits per heavy atom. The Morgan fingerprint density at radius 1 is 1.00 bits per heavy atom. The molecule has 1 heterocycles. The molecule has 0 bridgehead atoms. The third-order valence-electron chi connectivity index (χ3n) is 4.30. The molecule has 8 nitrogen and oxygen atoms in total. The molecule has 2 aromatic rings. The second-order valence-electron chi connectivity index (χ2n) is 6.11. The van der Waals surface area contributed by atoms with Gasteiger partial charge in [-0.3, -0.25) is 14.9 Å². The molecule has 0 radical (unpaired) electrons. The zero-order valence-corrected chi connectivity index (χ0v) is 16.7. The van der Waals surface area contributed by atoms with Crippen molar-refractivity contribution in [3.8, 4) is 0 Å². The van der Waals surface area contributed by atoms with Crippen molar-refractivity contribution >= 4 is 44.8 Å². The zero-order chi connectivity index (χ0) is 20.5. The highest BCUT2D eigenvalue weighted by molar-refractivity contribution is 7.89. The maximum absolute atomic E-state index is 12.8.